The number of para-hydroxylation sites is 1. The first-order chi connectivity index (χ1) is 14.7. The fraction of sp³-hybridized carbons (Fsp3) is 0.480. The van der Waals surface area contributed by atoms with Gasteiger partial charge in [-0.15, -0.1) is 0 Å². The van der Waals surface area contributed by atoms with E-state index in [4.69, 9.17) is 4.74 Å². The van der Waals surface area contributed by atoms with Crippen molar-refractivity contribution >= 4 is 5.91 Å². The molecule has 2 fully saturated rings. The van der Waals surface area contributed by atoms with Gasteiger partial charge in [-0.2, -0.15) is 0 Å². The number of carbonyl (C=O) groups excluding carboxylic acids is 1. The maximum absolute atomic E-state index is 12.7. The lowest BCUT2D eigenvalue weighted by molar-refractivity contribution is -0.122. The quantitative estimate of drug-likeness (QED) is 0.728. The largest absolute Gasteiger partial charge is 0.496 e. The molecule has 2 aliphatic heterocycles. The molecule has 160 valence electrons. The number of hydrogen-bond acceptors (Lipinski definition) is 4. The van der Waals surface area contributed by atoms with Gasteiger partial charge in [0.1, 0.15) is 5.75 Å². The van der Waals surface area contributed by atoms with Gasteiger partial charge in [0.15, 0.2) is 0 Å². The second kappa shape index (κ2) is 10.1. The summed E-state index contributed by atoms with van der Waals surface area (Å²) in [6, 6.07) is 19.6. The number of likely N-dealkylation sites (tertiary alicyclic amines) is 2. The van der Waals surface area contributed by atoms with E-state index < -0.39 is 0 Å². The molecule has 5 nitrogen and oxygen atoms in total. The van der Waals surface area contributed by atoms with E-state index in [2.05, 4.69) is 45.4 Å². The Balaban J connectivity index is 1.33. The third-order valence-corrected chi connectivity index (χ3v) is 6.52. The van der Waals surface area contributed by atoms with E-state index >= 15 is 0 Å². The molecule has 0 bridgehead atoms. The standard InChI is InChI=1S/C25H33N3O2/c1-30-24-14-6-5-11-21(24)17-26-25(29)19-28-16-8-13-23(28)22-12-7-15-27(22)18-20-9-3-2-4-10-20/h2-6,9-11,14,22-23H,7-8,12-13,15-19H2,1H3,(H,26,29). The average molecular weight is 408 g/mol. The van der Waals surface area contributed by atoms with E-state index in [0.717, 1.165) is 30.9 Å². The van der Waals surface area contributed by atoms with Crippen molar-refractivity contribution in [3.63, 3.8) is 0 Å². The Kier molecular flexibility index (Phi) is 7.03. The van der Waals surface area contributed by atoms with E-state index in [0.29, 0.717) is 25.2 Å². The fourth-order valence-corrected chi connectivity index (χ4v) is 5.07. The lowest BCUT2D eigenvalue weighted by atomic mass is 10.0. The first kappa shape index (κ1) is 20.9. The third-order valence-electron chi connectivity index (χ3n) is 6.52. The summed E-state index contributed by atoms with van der Waals surface area (Å²) in [5.74, 6) is 0.916. The van der Waals surface area contributed by atoms with Crippen LogP contribution in [0.3, 0.4) is 0 Å². The highest BCUT2D eigenvalue weighted by Gasteiger charge is 2.38. The van der Waals surface area contributed by atoms with Crippen LogP contribution in [-0.2, 0) is 17.9 Å². The number of amides is 1. The second-order valence-electron chi connectivity index (χ2n) is 8.43. The lowest BCUT2D eigenvalue weighted by Gasteiger charge is -2.34. The summed E-state index contributed by atoms with van der Waals surface area (Å²) >= 11 is 0. The van der Waals surface area contributed by atoms with E-state index in [-0.39, 0.29) is 5.91 Å². The Morgan fingerprint density at radius 3 is 2.40 bits per heavy atom. The number of hydrogen-bond donors (Lipinski definition) is 1. The molecule has 1 N–H and O–H groups in total. The molecule has 2 heterocycles. The highest BCUT2D eigenvalue weighted by atomic mass is 16.5. The van der Waals surface area contributed by atoms with Crippen molar-refractivity contribution < 1.29 is 9.53 Å². The molecule has 30 heavy (non-hydrogen) atoms. The molecule has 2 saturated heterocycles. The zero-order valence-corrected chi connectivity index (χ0v) is 17.9. The average Bonchev–Trinajstić information content (AvgIpc) is 3.42. The van der Waals surface area contributed by atoms with Crippen LogP contribution >= 0.6 is 0 Å². The third kappa shape index (κ3) is 5.02. The Bertz CT molecular complexity index is 826. The molecule has 2 atom stereocenters. The van der Waals surface area contributed by atoms with Gasteiger partial charge >= 0.3 is 0 Å². The number of ether oxygens (including phenoxy) is 1. The van der Waals surface area contributed by atoms with Crippen LogP contribution < -0.4 is 10.1 Å². The van der Waals surface area contributed by atoms with Gasteiger partial charge in [-0.1, -0.05) is 48.5 Å². The molecule has 2 aromatic rings. The van der Waals surface area contributed by atoms with Gasteiger partial charge in [-0.05, 0) is 50.4 Å². The number of carbonyl (C=O) groups is 1. The highest BCUT2D eigenvalue weighted by molar-refractivity contribution is 5.78. The Hall–Kier alpha value is -2.37. The zero-order valence-electron chi connectivity index (χ0n) is 17.9. The van der Waals surface area contributed by atoms with Gasteiger partial charge in [0.2, 0.25) is 5.91 Å². The van der Waals surface area contributed by atoms with Crippen LogP contribution in [0.4, 0.5) is 0 Å². The predicted molar refractivity (Wildman–Crippen MR) is 119 cm³/mol. The SMILES string of the molecule is COc1ccccc1CNC(=O)CN1CCCC1C1CCCN1Cc1ccccc1. The predicted octanol–water partition coefficient (Wildman–Crippen LogP) is 3.44. The van der Waals surface area contributed by atoms with Crippen LogP contribution in [0, 0.1) is 0 Å². The highest BCUT2D eigenvalue weighted by Crippen LogP contribution is 2.31. The molecule has 1 amide bonds. The topological polar surface area (TPSA) is 44.8 Å². The Morgan fingerprint density at radius 1 is 0.967 bits per heavy atom. The number of rotatable bonds is 8. The van der Waals surface area contributed by atoms with Crippen molar-refractivity contribution in [1.29, 1.82) is 0 Å². The molecule has 4 rings (SSSR count). The van der Waals surface area contributed by atoms with Crippen molar-refractivity contribution in [3.05, 3.63) is 65.7 Å². The molecular weight excluding hydrogens is 374 g/mol. The van der Waals surface area contributed by atoms with Crippen LogP contribution in [0.25, 0.3) is 0 Å². The normalized spacial score (nSPS) is 22.3. The van der Waals surface area contributed by atoms with Crippen molar-refractivity contribution in [2.75, 3.05) is 26.7 Å². The summed E-state index contributed by atoms with van der Waals surface area (Å²) in [6.45, 7) is 4.17. The smallest absolute Gasteiger partial charge is 0.234 e. The number of nitrogens with one attached hydrogen (secondary N) is 1. The summed E-state index contributed by atoms with van der Waals surface area (Å²) in [5, 5.41) is 3.09. The fourth-order valence-electron chi connectivity index (χ4n) is 5.07. The molecule has 0 spiro atoms. The van der Waals surface area contributed by atoms with Gasteiger partial charge < -0.3 is 10.1 Å². The summed E-state index contributed by atoms with van der Waals surface area (Å²) in [7, 11) is 1.66. The van der Waals surface area contributed by atoms with Gasteiger partial charge in [0, 0.05) is 30.7 Å². The maximum atomic E-state index is 12.7. The lowest BCUT2D eigenvalue weighted by Crippen LogP contribution is -2.48. The molecule has 5 heteroatoms. The molecule has 0 aromatic heterocycles. The minimum atomic E-state index is 0.0976. The monoisotopic (exact) mass is 407 g/mol. The van der Waals surface area contributed by atoms with E-state index in [9.17, 15) is 4.79 Å². The number of benzene rings is 2. The van der Waals surface area contributed by atoms with Crippen molar-refractivity contribution in [1.82, 2.24) is 15.1 Å². The van der Waals surface area contributed by atoms with Crippen LogP contribution in [0.1, 0.15) is 36.8 Å². The number of methoxy groups -OCH3 is 1. The van der Waals surface area contributed by atoms with Gasteiger partial charge in [-0.3, -0.25) is 14.6 Å². The first-order valence-corrected chi connectivity index (χ1v) is 11.1. The molecule has 0 saturated carbocycles. The Morgan fingerprint density at radius 2 is 1.63 bits per heavy atom. The van der Waals surface area contributed by atoms with E-state index in [1.807, 2.05) is 24.3 Å². The van der Waals surface area contributed by atoms with Crippen LogP contribution in [0.2, 0.25) is 0 Å². The summed E-state index contributed by atoms with van der Waals surface area (Å²) in [6.07, 6.45) is 4.86. The van der Waals surface area contributed by atoms with Crippen LogP contribution in [-0.4, -0.2) is 54.5 Å². The maximum Gasteiger partial charge on any atom is 0.234 e. The van der Waals surface area contributed by atoms with Crippen molar-refractivity contribution in [2.24, 2.45) is 0 Å². The summed E-state index contributed by atoms with van der Waals surface area (Å²) in [5.41, 5.74) is 2.39. The first-order valence-electron chi connectivity index (χ1n) is 11.1. The van der Waals surface area contributed by atoms with E-state index in [1.165, 1.54) is 31.2 Å². The van der Waals surface area contributed by atoms with Gasteiger partial charge in [-0.25, -0.2) is 0 Å². The summed E-state index contributed by atoms with van der Waals surface area (Å²) in [4.78, 5) is 17.7. The van der Waals surface area contributed by atoms with Crippen LogP contribution in [0.5, 0.6) is 5.75 Å². The minimum absolute atomic E-state index is 0.0976. The molecule has 2 unspecified atom stereocenters. The second-order valence-corrected chi connectivity index (χ2v) is 8.43. The Labute approximate surface area is 180 Å². The van der Waals surface area contributed by atoms with E-state index in [1.54, 1.807) is 7.11 Å². The molecule has 2 aliphatic rings. The number of nitrogens with zero attached hydrogens (tertiary/aromatic N) is 2. The molecule has 2 aromatic carbocycles. The van der Waals surface area contributed by atoms with Gasteiger partial charge in [0.05, 0.1) is 13.7 Å². The minimum Gasteiger partial charge on any atom is -0.496 e. The molecule has 0 radical (unpaired) electrons. The molecular formula is C25H33N3O2. The van der Waals surface area contributed by atoms with Gasteiger partial charge in [0.25, 0.3) is 0 Å². The van der Waals surface area contributed by atoms with Crippen molar-refractivity contribution in [3.8, 4) is 5.75 Å². The van der Waals surface area contributed by atoms with Crippen molar-refractivity contribution in [2.45, 2.75) is 50.9 Å². The zero-order chi connectivity index (χ0) is 20.8. The summed E-state index contributed by atoms with van der Waals surface area (Å²) < 4.78 is 5.39. The van der Waals surface area contributed by atoms with Crippen LogP contribution in [0.15, 0.2) is 54.6 Å². The molecule has 0 aliphatic carbocycles.